The summed E-state index contributed by atoms with van der Waals surface area (Å²) in [5.74, 6) is 0.0000990. The van der Waals surface area contributed by atoms with Crippen molar-refractivity contribution in [2.45, 2.75) is 17.9 Å². The summed E-state index contributed by atoms with van der Waals surface area (Å²) in [4.78, 5) is 15.6. The van der Waals surface area contributed by atoms with Gasteiger partial charge in [0, 0.05) is 28.4 Å². The molecule has 1 aliphatic heterocycles. The second kappa shape index (κ2) is 9.89. The van der Waals surface area contributed by atoms with Crippen LogP contribution < -0.4 is 15.4 Å². The molecule has 0 unspecified atom stereocenters. The van der Waals surface area contributed by atoms with Gasteiger partial charge in [-0.05, 0) is 65.7 Å². The zero-order chi connectivity index (χ0) is 26.2. The highest BCUT2D eigenvalue weighted by molar-refractivity contribution is 7.92. The number of sulfonamides is 1. The van der Waals surface area contributed by atoms with Crippen molar-refractivity contribution in [2.24, 2.45) is 0 Å². The number of amides is 1. The van der Waals surface area contributed by atoms with Crippen LogP contribution in [0.4, 0.5) is 17.6 Å². The quantitative estimate of drug-likeness (QED) is 0.293. The standard InChI is InChI=1S/C25H20Cl2N6O3S/c1-15(34)28-20-10-12-21(13-11-20)37(35,36)32-24-30-25-29-22(16-2-6-18(26)7-3-16)14-23(33(25)31-24)17-4-8-19(27)9-5-17/h2-14,23H,1H3,(H,28,34)(H2,29,30,31,32)/t23-/m1/s1. The Morgan fingerprint density at radius 2 is 1.57 bits per heavy atom. The molecule has 0 saturated heterocycles. The summed E-state index contributed by atoms with van der Waals surface area (Å²) in [6, 6.07) is 20.0. The van der Waals surface area contributed by atoms with Gasteiger partial charge in [-0.1, -0.05) is 47.5 Å². The third-order valence-corrected chi connectivity index (χ3v) is 7.39. The van der Waals surface area contributed by atoms with E-state index in [2.05, 4.69) is 25.4 Å². The van der Waals surface area contributed by atoms with E-state index >= 15 is 0 Å². The van der Waals surface area contributed by atoms with Crippen molar-refractivity contribution >= 4 is 62.4 Å². The van der Waals surface area contributed by atoms with Crippen LogP contribution in [0.2, 0.25) is 10.0 Å². The number of rotatable bonds is 6. The van der Waals surface area contributed by atoms with E-state index in [0.717, 1.165) is 16.8 Å². The Morgan fingerprint density at radius 1 is 0.946 bits per heavy atom. The van der Waals surface area contributed by atoms with Gasteiger partial charge in [-0.2, -0.15) is 4.98 Å². The van der Waals surface area contributed by atoms with E-state index in [1.165, 1.54) is 31.2 Å². The van der Waals surface area contributed by atoms with Gasteiger partial charge in [-0.15, -0.1) is 5.10 Å². The van der Waals surface area contributed by atoms with Crippen LogP contribution >= 0.6 is 23.2 Å². The molecule has 0 bridgehead atoms. The summed E-state index contributed by atoms with van der Waals surface area (Å²) in [6.07, 6.45) is 1.97. The highest BCUT2D eigenvalue weighted by Gasteiger charge is 2.27. The van der Waals surface area contributed by atoms with Gasteiger partial charge >= 0.3 is 0 Å². The average molecular weight is 555 g/mol. The first kappa shape index (κ1) is 24.8. The fourth-order valence-corrected chi connectivity index (χ4v) is 5.02. The summed E-state index contributed by atoms with van der Waals surface area (Å²) < 4.78 is 30.0. The van der Waals surface area contributed by atoms with Gasteiger partial charge in [-0.3, -0.25) is 4.79 Å². The lowest BCUT2D eigenvalue weighted by molar-refractivity contribution is -0.114. The Kier molecular flexibility index (Phi) is 6.63. The van der Waals surface area contributed by atoms with E-state index in [1.54, 1.807) is 28.9 Å². The van der Waals surface area contributed by atoms with Crippen molar-refractivity contribution in [3.8, 4) is 0 Å². The largest absolute Gasteiger partial charge is 0.326 e. The summed E-state index contributed by atoms with van der Waals surface area (Å²) >= 11 is 12.1. The lowest BCUT2D eigenvalue weighted by Gasteiger charge is -2.24. The molecular formula is C25H20Cl2N6O3S. The molecule has 0 radical (unpaired) electrons. The number of fused-ring (bicyclic) bond motifs is 1. The molecule has 188 valence electrons. The highest BCUT2D eigenvalue weighted by Crippen LogP contribution is 2.34. The molecule has 3 aromatic carbocycles. The minimum Gasteiger partial charge on any atom is -0.326 e. The van der Waals surface area contributed by atoms with Crippen LogP contribution in [0.25, 0.3) is 5.70 Å². The molecule has 1 atom stereocenters. The maximum atomic E-state index is 13.0. The second-order valence-corrected chi connectivity index (χ2v) is 10.8. The van der Waals surface area contributed by atoms with Crippen molar-refractivity contribution < 1.29 is 13.2 Å². The monoisotopic (exact) mass is 554 g/mol. The Balaban J connectivity index is 1.47. The number of halogens is 2. The van der Waals surface area contributed by atoms with E-state index in [-0.39, 0.29) is 22.8 Å². The topological polar surface area (TPSA) is 118 Å². The average Bonchev–Trinajstić information content (AvgIpc) is 3.26. The smallest absolute Gasteiger partial charge is 0.264 e. The van der Waals surface area contributed by atoms with Crippen LogP contribution in [0, 0.1) is 0 Å². The molecule has 4 aromatic rings. The molecule has 37 heavy (non-hydrogen) atoms. The van der Waals surface area contributed by atoms with E-state index in [0.29, 0.717) is 21.7 Å². The van der Waals surface area contributed by atoms with Crippen LogP contribution in [-0.4, -0.2) is 29.1 Å². The summed E-state index contributed by atoms with van der Waals surface area (Å²) in [5, 5.41) is 11.5. The lowest BCUT2D eigenvalue weighted by atomic mass is 10.0. The van der Waals surface area contributed by atoms with Crippen LogP contribution in [0.3, 0.4) is 0 Å². The molecular weight excluding hydrogens is 535 g/mol. The molecule has 3 N–H and O–H groups in total. The lowest BCUT2D eigenvalue weighted by Crippen LogP contribution is -2.20. The molecule has 2 heterocycles. The van der Waals surface area contributed by atoms with Crippen LogP contribution in [0.15, 0.2) is 83.8 Å². The minimum absolute atomic E-state index is 0.00318. The van der Waals surface area contributed by atoms with Gasteiger partial charge in [-0.25, -0.2) is 17.8 Å². The van der Waals surface area contributed by atoms with Crippen molar-refractivity contribution in [3.05, 3.63) is 100 Å². The third kappa shape index (κ3) is 5.46. The number of hydrogen-bond acceptors (Lipinski definition) is 6. The second-order valence-electron chi connectivity index (χ2n) is 8.22. The number of nitrogens with zero attached hydrogens (tertiary/aromatic N) is 3. The number of allylic oxidation sites excluding steroid dienone is 1. The predicted molar refractivity (Wildman–Crippen MR) is 144 cm³/mol. The first-order valence-electron chi connectivity index (χ1n) is 11.1. The van der Waals surface area contributed by atoms with Crippen molar-refractivity contribution in [1.82, 2.24) is 14.8 Å². The van der Waals surface area contributed by atoms with E-state index < -0.39 is 10.0 Å². The Bertz CT molecular complexity index is 1600. The highest BCUT2D eigenvalue weighted by atomic mass is 35.5. The Hall–Kier alpha value is -3.86. The van der Waals surface area contributed by atoms with Gasteiger partial charge in [0.25, 0.3) is 16.0 Å². The zero-order valence-electron chi connectivity index (χ0n) is 19.3. The SMILES string of the molecule is CC(=O)Nc1ccc(S(=O)(=O)Nc2nc3n(n2)[C@@H](c2ccc(Cl)cc2)C=C(c2ccc(Cl)cc2)N3)cc1. The molecule has 1 aliphatic rings. The molecule has 12 heteroatoms. The number of aromatic nitrogens is 3. The molecule has 0 saturated carbocycles. The molecule has 0 fully saturated rings. The number of nitrogens with one attached hydrogen (secondary N) is 3. The van der Waals surface area contributed by atoms with Crippen molar-refractivity contribution in [3.63, 3.8) is 0 Å². The van der Waals surface area contributed by atoms with Gasteiger partial charge in [0.2, 0.25) is 11.9 Å². The van der Waals surface area contributed by atoms with Gasteiger partial charge in [0.1, 0.15) is 6.04 Å². The fourth-order valence-electron chi connectivity index (χ4n) is 3.83. The summed E-state index contributed by atoms with van der Waals surface area (Å²) in [5.41, 5.74) is 3.00. The minimum atomic E-state index is -3.99. The third-order valence-electron chi connectivity index (χ3n) is 5.54. The molecule has 1 amide bonds. The maximum absolute atomic E-state index is 13.0. The van der Waals surface area contributed by atoms with Crippen LogP contribution in [0.5, 0.6) is 0 Å². The van der Waals surface area contributed by atoms with Crippen LogP contribution in [0.1, 0.15) is 24.1 Å². The molecule has 0 spiro atoms. The fraction of sp³-hybridized carbons (Fsp3) is 0.0800. The first-order chi connectivity index (χ1) is 17.7. The normalized spacial score (nSPS) is 14.8. The number of anilines is 3. The molecule has 0 aliphatic carbocycles. The number of carbonyl (C=O) groups excluding carboxylic acids is 1. The molecule has 1 aromatic heterocycles. The van der Waals surface area contributed by atoms with Crippen molar-refractivity contribution in [1.29, 1.82) is 0 Å². The van der Waals surface area contributed by atoms with E-state index in [9.17, 15) is 13.2 Å². The van der Waals surface area contributed by atoms with E-state index in [4.69, 9.17) is 23.2 Å². The van der Waals surface area contributed by atoms with E-state index in [1.807, 2.05) is 30.3 Å². The summed E-state index contributed by atoms with van der Waals surface area (Å²) in [7, 11) is -3.99. The maximum Gasteiger partial charge on any atom is 0.264 e. The predicted octanol–water partition coefficient (Wildman–Crippen LogP) is 5.40. The molecule has 5 rings (SSSR count). The number of hydrogen-bond donors (Lipinski definition) is 3. The Labute approximate surface area is 223 Å². The van der Waals surface area contributed by atoms with Gasteiger partial charge < -0.3 is 10.6 Å². The summed E-state index contributed by atoms with van der Waals surface area (Å²) in [6.45, 7) is 1.37. The van der Waals surface area contributed by atoms with Crippen LogP contribution in [-0.2, 0) is 14.8 Å². The van der Waals surface area contributed by atoms with Gasteiger partial charge in [0.15, 0.2) is 0 Å². The van der Waals surface area contributed by atoms with Gasteiger partial charge in [0.05, 0.1) is 4.90 Å². The zero-order valence-corrected chi connectivity index (χ0v) is 21.6. The molecule has 9 nitrogen and oxygen atoms in total. The number of carbonyl (C=O) groups is 1. The first-order valence-corrected chi connectivity index (χ1v) is 13.3. The van der Waals surface area contributed by atoms with Crippen molar-refractivity contribution in [2.75, 3.05) is 15.4 Å². The number of benzene rings is 3. The Morgan fingerprint density at radius 3 is 2.19 bits per heavy atom.